The van der Waals surface area contributed by atoms with E-state index < -0.39 is 5.97 Å². The molecule has 0 amide bonds. The van der Waals surface area contributed by atoms with E-state index in [1.54, 1.807) is 24.0 Å². The minimum atomic E-state index is -0.499. The molecule has 20 heavy (non-hydrogen) atoms. The minimum absolute atomic E-state index is 0.236. The Morgan fingerprint density at radius 3 is 2.85 bits per heavy atom. The first-order valence-electron chi connectivity index (χ1n) is 6.27. The standard InChI is InChI=1S/C13H16N4O3/c1-3-17-8-9(6-16-17)20-12-5-10(11(14)7-15-12)13(18)19-4-2/h5-8H,3-4,14H2,1-2H3. The molecule has 0 saturated heterocycles. The van der Waals surface area contributed by atoms with Gasteiger partial charge in [0.15, 0.2) is 5.75 Å². The van der Waals surface area contributed by atoms with Crippen LogP contribution in [0, 0.1) is 0 Å². The van der Waals surface area contributed by atoms with E-state index in [1.807, 2.05) is 6.92 Å². The van der Waals surface area contributed by atoms with Crippen molar-refractivity contribution in [3.63, 3.8) is 0 Å². The summed E-state index contributed by atoms with van der Waals surface area (Å²) in [6.45, 7) is 4.72. The fourth-order valence-electron chi connectivity index (χ4n) is 1.58. The summed E-state index contributed by atoms with van der Waals surface area (Å²) >= 11 is 0. The fraction of sp³-hybridized carbons (Fsp3) is 0.308. The third-order valence-electron chi connectivity index (χ3n) is 2.56. The van der Waals surface area contributed by atoms with Crippen molar-refractivity contribution < 1.29 is 14.3 Å². The van der Waals surface area contributed by atoms with Gasteiger partial charge in [-0.1, -0.05) is 0 Å². The highest BCUT2D eigenvalue weighted by atomic mass is 16.5. The van der Waals surface area contributed by atoms with E-state index >= 15 is 0 Å². The summed E-state index contributed by atoms with van der Waals surface area (Å²) in [6, 6.07) is 1.45. The Kier molecular flexibility index (Phi) is 4.19. The molecule has 0 fully saturated rings. The van der Waals surface area contributed by atoms with Gasteiger partial charge in [-0.3, -0.25) is 4.68 Å². The highest BCUT2D eigenvalue weighted by Crippen LogP contribution is 2.22. The molecule has 7 heteroatoms. The Bertz CT molecular complexity index is 609. The summed E-state index contributed by atoms with van der Waals surface area (Å²) < 4.78 is 12.2. The van der Waals surface area contributed by atoms with Crippen molar-refractivity contribution in [2.45, 2.75) is 20.4 Å². The number of anilines is 1. The first kappa shape index (κ1) is 13.9. The Balaban J connectivity index is 2.20. The number of aryl methyl sites for hydroxylation is 1. The van der Waals surface area contributed by atoms with Crippen LogP contribution in [0.2, 0.25) is 0 Å². The molecule has 0 aliphatic carbocycles. The van der Waals surface area contributed by atoms with Crippen molar-refractivity contribution in [1.29, 1.82) is 0 Å². The van der Waals surface area contributed by atoms with Crippen LogP contribution in [0.4, 0.5) is 5.69 Å². The van der Waals surface area contributed by atoms with Gasteiger partial charge in [-0.15, -0.1) is 0 Å². The monoisotopic (exact) mass is 276 g/mol. The summed E-state index contributed by atoms with van der Waals surface area (Å²) in [7, 11) is 0. The molecule has 0 aromatic carbocycles. The maximum Gasteiger partial charge on any atom is 0.340 e. The number of rotatable bonds is 5. The van der Waals surface area contributed by atoms with Gasteiger partial charge in [-0.05, 0) is 13.8 Å². The van der Waals surface area contributed by atoms with E-state index in [1.165, 1.54) is 12.3 Å². The average Bonchev–Trinajstić information content (AvgIpc) is 2.89. The van der Waals surface area contributed by atoms with Crippen molar-refractivity contribution in [2.24, 2.45) is 0 Å². The Morgan fingerprint density at radius 1 is 1.40 bits per heavy atom. The number of ether oxygens (including phenoxy) is 2. The van der Waals surface area contributed by atoms with Gasteiger partial charge >= 0.3 is 5.97 Å². The molecule has 0 aliphatic heterocycles. The van der Waals surface area contributed by atoms with Crippen LogP contribution in [-0.4, -0.2) is 27.3 Å². The van der Waals surface area contributed by atoms with Gasteiger partial charge in [0, 0.05) is 12.6 Å². The third-order valence-corrected chi connectivity index (χ3v) is 2.56. The molecule has 0 spiro atoms. The van der Waals surface area contributed by atoms with Crippen molar-refractivity contribution in [3.05, 3.63) is 30.2 Å². The average molecular weight is 276 g/mol. The molecule has 0 bridgehead atoms. The normalized spacial score (nSPS) is 10.3. The van der Waals surface area contributed by atoms with E-state index in [2.05, 4.69) is 10.1 Å². The zero-order valence-corrected chi connectivity index (χ0v) is 11.4. The molecule has 2 rings (SSSR count). The number of esters is 1. The number of hydrogen-bond acceptors (Lipinski definition) is 6. The predicted octanol–water partition coefficient (Wildman–Crippen LogP) is 1.85. The molecule has 2 heterocycles. The molecule has 0 radical (unpaired) electrons. The molecule has 0 saturated carbocycles. The lowest BCUT2D eigenvalue weighted by molar-refractivity contribution is 0.0527. The summed E-state index contributed by atoms with van der Waals surface area (Å²) in [5, 5.41) is 4.08. The van der Waals surface area contributed by atoms with Crippen LogP contribution in [0.1, 0.15) is 24.2 Å². The highest BCUT2D eigenvalue weighted by Gasteiger charge is 2.13. The number of nitrogen functional groups attached to an aromatic ring is 1. The highest BCUT2D eigenvalue weighted by molar-refractivity contribution is 5.95. The lowest BCUT2D eigenvalue weighted by Crippen LogP contribution is -2.08. The smallest absolute Gasteiger partial charge is 0.340 e. The number of aromatic nitrogens is 3. The number of nitrogens with two attached hydrogens (primary N) is 1. The number of hydrogen-bond donors (Lipinski definition) is 1. The van der Waals surface area contributed by atoms with Crippen molar-refractivity contribution in [2.75, 3.05) is 12.3 Å². The first-order valence-corrected chi connectivity index (χ1v) is 6.27. The number of carbonyl (C=O) groups is 1. The largest absolute Gasteiger partial charge is 0.462 e. The number of pyridine rings is 1. The second-order valence-electron chi connectivity index (χ2n) is 3.96. The van der Waals surface area contributed by atoms with Crippen LogP contribution in [0.3, 0.4) is 0 Å². The van der Waals surface area contributed by atoms with Gasteiger partial charge in [-0.2, -0.15) is 5.10 Å². The third kappa shape index (κ3) is 3.05. The summed E-state index contributed by atoms with van der Waals surface area (Å²) in [5.41, 5.74) is 6.19. The van der Waals surface area contributed by atoms with Crippen LogP contribution < -0.4 is 10.5 Å². The van der Waals surface area contributed by atoms with Gasteiger partial charge in [0.1, 0.15) is 0 Å². The first-order chi connectivity index (χ1) is 9.63. The summed E-state index contributed by atoms with van der Waals surface area (Å²) in [6.07, 6.45) is 4.68. The molecule has 2 N–H and O–H groups in total. The maximum atomic E-state index is 11.7. The Labute approximate surface area is 116 Å². The lowest BCUT2D eigenvalue weighted by atomic mass is 10.2. The molecule has 0 atom stereocenters. The SMILES string of the molecule is CCOC(=O)c1cc(Oc2cnn(CC)c2)ncc1N. The topological polar surface area (TPSA) is 92.3 Å². The zero-order valence-electron chi connectivity index (χ0n) is 11.4. The van der Waals surface area contributed by atoms with Crippen LogP contribution in [0.5, 0.6) is 11.6 Å². The van der Waals surface area contributed by atoms with Crippen LogP contribution >= 0.6 is 0 Å². The van der Waals surface area contributed by atoms with Gasteiger partial charge < -0.3 is 15.2 Å². The molecular formula is C13H16N4O3. The molecule has 106 valence electrons. The molecular weight excluding hydrogens is 260 g/mol. The van der Waals surface area contributed by atoms with E-state index in [9.17, 15) is 4.79 Å². The maximum absolute atomic E-state index is 11.7. The van der Waals surface area contributed by atoms with Crippen LogP contribution in [0.15, 0.2) is 24.7 Å². The quantitative estimate of drug-likeness (QED) is 0.838. The van der Waals surface area contributed by atoms with Crippen molar-refractivity contribution in [1.82, 2.24) is 14.8 Å². The fourth-order valence-corrected chi connectivity index (χ4v) is 1.58. The summed E-state index contributed by atoms with van der Waals surface area (Å²) in [5.74, 6) is 0.304. The van der Waals surface area contributed by atoms with Gasteiger partial charge in [0.2, 0.25) is 5.88 Å². The van der Waals surface area contributed by atoms with Gasteiger partial charge in [0.05, 0.1) is 36.4 Å². The number of nitrogens with zero attached hydrogens (tertiary/aromatic N) is 3. The van der Waals surface area contributed by atoms with Crippen LogP contribution in [-0.2, 0) is 11.3 Å². The zero-order chi connectivity index (χ0) is 14.5. The summed E-state index contributed by atoms with van der Waals surface area (Å²) in [4.78, 5) is 15.7. The molecule has 0 unspecified atom stereocenters. The van der Waals surface area contributed by atoms with E-state index in [-0.39, 0.29) is 23.7 Å². The van der Waals surface area contributed by atoms with E-state index in [4.69, 9.17) is 15.2 Å². The number of carbonyl (C=O) groups excluding carboxylic acids is 1. The lowest BCUT2D eigenvalue weighted by Gasteiger charge is -2.07. The molecule has 0 aliphatic rings. The van der Waals surface area contributed by atoms with Crippen molar-refractivity contribution >= 4 is 11.7 Å². The Hall–Kier alpha value is -2.57. The van der Waals surface area contributed by atoms with E-state index in [0.29, 0.717) is 5.75 Å². The second-order valence-corrected chi connectivity index (χ2v) is 3.96. The Morgan fingerprint density at radius 2 is 2.20 bits per heavy atom. The molecule has 2 aromatic heterocycles. The van der Waals surface area contributed by atoms with E-state index in [0.717, 1.165) is 6.54 Å². The second kappa shape index (κ2) is 6.05. The minimum Gasteiger partial charge on any atom is -0.462 e. The van der Waals surface area contributed by atoms with Crippen LogP contribution in [0.25, 0.3) is 0 Å². The molecule has 7 nitrogen and oxygen atoms in total. The van der Waals surface area contributed by atoms with Gasteiger partial charge in [0.25, 0.3) is 0 Å². The van der Waals surface area contributed by atoms with Gasteiger partial charge in [-0.25, -0.2) is 9.78 Å². The molecule has 2 aromatic rings. The van der Waals surface area contributed by atoms with Crippen molar-refractivity contribution in [3.8, 4) is 11.6 Å². The predicted molar refractivity (Wildman–Crippen MR) is 72.6 cm³/mol.